The third-order valence-electron chi connectivity index (χ3n) is 7.27. The number of fused-ring (bicyclic) bond motifs is 3. The van der Waals surface area contributed by atoms with E-state index in [4.69, 9.17) is 21.4 Å². The molecule has 39 heavy (non-hydrogen) atoms. The van der Waals surface area contributed by atoms with Crippen LogP contribution in [-0.2, 0) is 6.54 Å². The summed E-state index contributed by atoms with van der Waals surface area (Å²) in [7, 11) is 1.65. The number of carbonyl (C=O) groups excluding carboxylic acids is 1. The van der Waals surface area contributed by atoms with Crippen LogP contribution < -0.4 is 10.1 Å². The number of aryl methyl sites for hydroxylation is 1. The summed E-state index contributed by atoms with van der Waals surface area (Å²) >= 11 is 6.37. The molecular weight excluding hydrogens is 510 g/mol. The number of hydrogen-bond acceptors (Lipinski definition) is 3. The molecule has 1 aliphatic rings. The summed E-state index contributed by atoms with van der Waals surface area (Å²) in [5.41, 5.74) is 6.15. The highest BCUT2D eigenvalue weighted by Crippen LogP contribution is 2.39. The van der Waals surface area contributed by atoms with Crippen molar-refractivity contribution in [2.24, 2.45) is 0 Å². The average molecular weight is 538 g/mol. The maximum atomic E-state index is 14.2. The van der Waals surface area contributed by atoms with Gasteiger partial charge in [0.25, 0.3) is 0 Å². The topological polar surface area (TPSA) is 64.3 Å². The van der Waals surface area contributed by atoms with Gasteiger partial charge in [0.05, 0.1) is 36.8 Å². The Labute approximate surface area is 232 Å². The number of nitrogens with zero attached hydrogens (tertiary/aromatic N) is 4. The minimum absolute atomic E-state index is 0.236. The molecular formula is C31H28ClN5O2. The van der Waals surface area contributed by atoms with Crippen LogP contribution in [0.1, 0.15) is 34.1 Å². The van der Waals surface area contributed by atoms with Gasteiger partial charge in [-0.3, -0.25) is 0 Å². The molecule has 1 unspecified atom stereocenters. The van der Waals surface area contributed by atoms with Crippen molar-refractivity contribution in [1.29, 1.82) is 0 Å². The summed E-state index contributed by atoms with van der Waals surface area (Å²) in [5.74, 6) is 1.64. The first-order chi connectivity index (χ1) is 19.0. The molecule has 0 saturated heterocycles. The van der Waals surface area contributed by atoms with Crippen LogP contribution in [0.15, 0.2) is 91.1 Å². The first-order valence-corrected chi connectivity index (χ1v) is 13.1. The highest BCUT2D eigenvalue weighted by molar-refractivity contribution is 6.31. The number of nitrogens with one attached hydrogen (secondary N) is 1. The molecule has 2 aromatic heterocycles. The van der Waals surface area contributed by atoms with E-state index >= 15 is 0 Å². The van der Waals surface area contributed by atoms with E-state index in [-0.39, 0.29) is 6.03 Å². The maximum absolute atomic E-state index is 14.2. The molecule has 3 aromatic carbocycles. The predicted octanol–water partition coefficient (Wildman–Crippen LogP) is 7.08. The fraction of sp³-hybridized carbons (Fsp3) is 0.161. The molecule has 7 nitrogen and oxygen atoms in total. The van der Waals surface area contributed by atoms with Crippen LogP contribution in [0.2, 0.25) is 5.02 Å². The number of anilines is 1. The van der Waals surface area contributed by atoms with Gasteiger partial charge in [-0.2, -0.15) is 5.10 Å². The van der Waals surface area contributed by atoms with Crippen LogP contribution in [0.25, 0.3) is 11.5 Å². The Kier molecular flexibility index (Phi) is 6.37. The predicted molar refractivity (Wildman–Crippen MR) is 153 cm³/mol. The molecule has 1 N–H and O–H groups in total. The molecule has 0 spiro atoms. The quantitative estimate of drug-likeness (QED) is 0.266. The average Bonchev–Trinajstić information content (AvgIpc) is 3.52. The molecule has 0 saturated carbocycles. The fourth-order valence-corrected chi connectivity index (χ4v) is 5.42. The third kappa shape index (κ3) is 4.34. The number of ether oxygens (including phenoxy) is 1. The van der Waals surface area contributed by atoms with E-state index in [1.54, 1.807) is 7.11 Å². The largest absolute Gasteiger partial charge is 0.497 e. The molecule has 5 aromatic rings. The van der Waals surface area contributed by atoms with Gasteiger partial charge in [-0.25, -0.2) is 9.48 Å². The zero-order valence-corrected chi connectivity index (χ0v) is 22.7. The third-order valence-corrected chi connectivity index (χ3v) is 7.68. The Bertz CT molecular complexity index is 1670. The first-order valence-electron chi connectivity index (χ1n) is 12.7. The van der Waals surface area contributed by atoms with Gasteiger partial charge in [-0.05, 0) is 73.5 Å². The van der Waals surface area contributed by atoms with Crippen molar-refractivity contribution in [2.45, 2.75) is 26.4 Å². The van der Waals surface area contributed by atoms with Gasteiger partial charge in [0.2, 0.25) is 0 Å². The summed E-state index contributed by atoms with van der Waals surface area (Å²) in [6.07, 6.45) is 2.03. The summed E-state index contributed by atoms with van der Waals surface area (Å²) in [6.45, 7) is 4.24. The molecule has 8 heteroatoms. The van der Waals surface area contributed by atoms with Crippen molar-refractivity contribution in [3.8, 4) is 17.3 Å². The van der Waals surface area contributed by atoms with Crippen LogP contribution in [0.5, 0.6) is 5.75 Å². The summed E-state index contributed by atoms with van der Waals surface area (Å²) in [5, 5.41) is 8.64. The Morgan fingerprint density at radius 3 is 2.59 bits per heavy atom. The minimum Gasteiger partial charge on any atom is -0.497 e. The lowest BCUT2D eigenvalue weighted by Crippen LogP contribution is -2.38. The molecule has 0 radical (unpaired) electrons. The lowest BCUT2D eigenvalue weighted by atomic mass is 10.0. The Morgan fingerprint density at radius 1 is 1.00 bits per heavy atom. The van der Waals surface area contributed by atoms with E-state index in [1.165, 1.54) is 0 Å². The molecule has 1 atom stereocenters. The van der Waals surface area contributed by atoms with Crippen molar-refractivity contribution < 1.29 is 9.53 Å². The Balaban J connectivity index is 1.55. The van der Waals surface area contributed by atoms with Crippen LogP contribution in [-0.4, -0.2) is 32.4 Å². The molecule has 196 valence electrons. The van der Waals surface area contributed by atoms with Gasteiger partial charge in [0.15, 0.2) is 0 Å². The molecule has 0 aliphatic carbocycles. The van der Waals surface area contributed by atoms with Crippen LogP contribution in [0.3, 0.4) is 0 Å². The van der Waals surface area contributed by atoms with Gasteiger partial charge >= 0.3 is 6.03 Å². The Hall–Kier alpha value is -4.49. The fourth-order valence-electron chi connectivity index (χ4n) is 5.24. The smallest absolute Gasteiger partial charge is 0.322 e. The number of methoxy groups -OCH3 is 1. The van der Waals surface area contributed by atoms with E-state index in [9.17, 15) is 4.79 Å². The number of para-hydroxylation sites is 1. The van der Waals surface area contributed by atoms with Crippen LogP contribution in [0, 0.1) is 13.8 Å². The van der Waals surface area contributed by atoms with E-state index in [2.05, 4.69) is 16.0 Å². The van der Waals surface area contributed by atoms with Crippen molar-refractivity contribution in [3.63, 3.8) is 0 Å². The number of aromatic nitrogens is 3. The number of benzene rings is 3. The number of amides is 2. The number of urea groups is 1. The highest BCUT2D eigenvalue weighted by atomic mass is 35.5. The van der Waals surface area contributed by atoms with Crippen LogP contribution in [0.4, 0.5) is 10.5 Å². The zero-order valence-electron chi connectivity index (χ0n) is 21.9. The number of halogens is 1. The maximum Gasteiger partial charge on any atom is 0.322 e. The summed E-state index contributed by atoms with van der Waals surface area (Å²) in [4.78, 5) is 16.0. The summed E-state index contributed by atoms with van der Waals surface area (Å²) < 4.78 is 9.66. The van der Waals surface area contributed by atoms with Crippen LogP contribution >= 0.6 is 11.6 Å². The highest BCUT2D eigenvalue weighted by Gasteiger charge is 2.36. The lowest BCUT2D eigenvalue weighted by molar-refractivity contribution is 0.194. The normalized spacial score (nSPS) is 14.4. The van der Waals surface area contributed by atoms with Crippen molar-refractivity contribution >= 4 is 23.3 Å². The van der Waals surface area contributed by atoms with E-state index in [0.29, 0.717) is 17.3 Å². The molecule has 2 amide bonds. The van der Waals surface area contributed by atoms with Gasteiger partial charge in [0, 0.05) is 22.5 Å². The second-order valence-corrected chi connectivity index (χ2v) is 9.99. The monoisotopic (exact) mass is 537 g/mol. The van der Waals surface area contributed by atoms with Crippen molar-refractivity contribution in [3.05, 3.63) is 124 Å². The van der Waals surface area contributed by atoms with E-state index in [1.807, 2.05) is 108 Å². The summed E-state index contributed by atoms with van der Waals surface area (Å²) in [6, 6.07) is 26.9. The molecule has 0 bridgehead atoms. The molecule has 1 aliphatic heterocycles. The second kappa shape index (κ2) is 10.0. The minimum atomic E-state index is -0.398. The zero-order chi connectivity index (χ0) is 27.1. The van der Waals surface area contributed by atoms with Gasteiger partial charge in [-0.1, -0.05) is 48.0 Å². The first kappa shape index (κ1) is 24.8. The Morgan fingerprint density at radius 2 is 1.79 bits per heavy atom. The number of carbonyl (C=O) groups is 1. The van der Waals surface area contributed by atoms with Crippen molar-refractivity contribution in [1.82, 2.24) is 19.2 Å². The van der Waals surface area contributed by atoms with E-state index in [0.717, 1.165) is 45.3 Å². The standard InChI is InChI=1S/C31H28ClN5O2/c1-20-26(32)14-8-15-27(20)33-31(38)36-19-25-21(2)34-37(23-11-5-4-6-12-23)30(25)35-17-9-16-28(35)29(36)22-10-7-13-24(18-22)39-3/h4-18,29H,19H2,1-3H3,(H,33,38). The SMILES string of the molecule is COc1cccc(C2c3cccn3-c3c(c(C)nn3-c3ccccc3)CN2C(=O)Nc2cccc(Cl)c2C)c1. The molecule has 6 rings (SSSR count). The van der Waals surface area contributed by atoms with E-state index < -0.39 is 6.04 Å². The molecule has 0 fully saturated rings. The van der Waals surface area contributed by atoms with Gasteiger partial charge in [0.1, 0.15) is 11.6 Å². The second-order valence-electron chi connectivity index (χ2n) is 9.59. The molecule has 3 heterocycles. The van der Waals surface area contributed by atoms with Gasteiger partial charge < -0.3 is 19.5 Å². The number of hydrogen-bond donors (Lipinski definition) is 1. The van der Waals surface area contributed by atoms with Crippen molar-refractivity contribution in [2.75, 3.05) is 12.4 Å². The number of rotatable bonds is 4. The lowest BCUT2D eigenvalue weighted by Gasteiger charge is -2.31. The van der Waals surface area contributed by atoms with Gasteiger partial charge in [-0.15, -0.1) is 0 Å².